The van der Waals surface area contributed by atoms with Crippen LogP contribution in [0.25, 0.3) is 0 Å². The Hall–Kier alpha value is -8.89. The van der Waals surface area contributed by atoms with Crippen molar-refractivity contribution in [3.05, 3.63) is 65.4 Å². The number of aromatic hydroxyl groups is 1. The number of amides is 12. The van der Waals surface area contributed by atoms with E-state index in [2.05, 4.69) is 53.2 Å². The molecule has 5 unspecified atom stereocenters. The quantitative estimate of drug-likeness (QED) is 0.0243. The molecule has 0 spiro atoms. The zero-order valence-corrected chi connectivity index (χ0v) is 57.9. The third-order valence-corrected chi connectivity index (χ3v) is 16.8. The number of phenols is 1. The molecule has 17 atom stereocenters. The van der Waals surface area contributed by atoms with Gasteiger partial charge in [0.15, 0.2) is 5.60 Å². The minimum atomic E-state index is -2.45. The number of esters is 1. The number of primary amides is 1. The molecule has 12 amide bonds. The first-order valence-electron chi connectivity index (χ1n) is 32.3. The average molecular weight is 1390 g/mol. The molecule has 98 heavy (non-hydrogen) atoms. The van der Waals surface area contributed by atoms with Gasteiger partial charge in [-0.15, -0.1) is 0 Å². The average Bonchev–Trinajstić information content (AvgIpc) is 0.801. The van der Waals surface area contributed by atoms with Crippen molar-refractivity contribution in [1.82, 2.24) is 58.1 Å². The highest BCUT2D eigenvalue weighted by Gasteiger charge is 2.47. The number of hydrogen-bond donors (Lipinski definition) is 16. The van der Waals surface area contributed by atoms with Crippen LogP contribution in [0.2, 0.25) is 0 Å². The van der Waals surface area contributed by atoms with E-state index in [9.17, 15) is 68.7 Å². The zero-order valence-electron chi connectivity index (χ0n) is 57.9. The third-order valence-electron chi connectivity index (χ3n) is 16.8. The summed E-state index contributed by atoms with van der Waals surface area (Å²) < 4.78 is 17.3. The van der Waals surface area contributed by atoms with Gasteiger partial charge in [-0.1, -0.05) is 90.0 Å². The molecule has 3 rings (SSSR count). The van der Waals surface area contributed by atoms with E-state index in [1.54, 1.807) is 6.92 Å². The van der Waals surface area contributed by atoms with Crippen LogP contribution in [0.4, 0.5) is 0 Å². The Balaban J connectivity index is 2.15. The number of cyclic esters (lactones) is 1. The van der Waals surface area contributed by atoms with Gasteiger partial charge < -0.3 is 104 Å². The molecule has 2 aliphatic rings. The van der Waals surface area contributed by atoms with E-state index >= 15 is 19.2 Å². The van der Waals surface area contributed by atoms with E-state index in [0.717, 1.165) is 43.9 Å². The van der Waals surface area contributed by atoms with Crippen LogP contribution in [0.15, 0.2) is 59.8 Å². The second-order valence-corrected chi connectivity index (χ2v) is 25.1. The summed E-state index contributed by atoms with van der Waals surface area (Å²) in [6.45, 7) is 14.6. The fourth-order valence-corrected chi connectivity index (χ4v) is 10.4. The van der Waals surface area contributed by atoms with Crippen LogP contribution in [0.5, 0.6) is 5.75 Å². The highest BCUT2D eigenvalue weighted by atomic mass is 16.5. The van der Waals surface area contributed by atoms with Crippen LogP contribution in [0.3, 0.4) is 0 Å². The number of benzene rings is 1. The molecule has 546 valence electrons. The lowest BCUT2D eigenvalue weighted by atomic mass is 9.87. The maximum absolute atomic E-state index is 15.3. The maximum atomic E-state index is 15.3. The predicted molar refractivity (Wildman–Crippen MR) is 351 cm³/mol. The molecule has 2 saturated heterocycles. The maximum Gasteiger partial charge on any atom is 0.329 e. The topological polar surface area (TPSA) is 500 Å². The number of nitrogens with one attached hydrogen (secondary N) is 10. The molecule has 0 aliphatic carbocycles. The van der Waals surface area contributed by atoms with Gasteiger partial charge in [-0.25, -0.2) is 4.79 Å². The number of aliphatic hydroxyl groups excluding tert-OH is 3. The fraction of sp³-hybridized carbons (Fsp3) is 0.615. The number of fused-ring (bicyclic) bond motifs is 1. The standard InChI is InChI=1S/C65H100N12O21/c1-15-32(5)27-33(6)20-25-44(81)65(12,95)64(94)68-29-46(83)72-48(37(10)78)59(89)70-41(16-2)57(87)73-47(34(7)35(8)54(66)84)58(88)75-50-52(31(3)4)98-63(93)43-19-17-18-26-77(43)62(92)51(53(97-14)39-21-23-40(80)24-22-39)76-60(90)49(38(11)79)74-55(85)36(9)69-45(82)28-67-56(86)42(30-96-13)71-61(50)91/h16,20-25,27,31-32,34-38,42-44,47-53,78-81,95H,15,17-19,26,28-30H2,1-14H3,(H2,66,84)(H,67,86)(H,68,94)(H,69,82)(H,70,89)(H,71,91)(H,72,83)(H,73,87)(H,74,85)(H,75,88)(H,76,90)/b25-20-,33-27+,41-16-/t32?,34-,35+,36-,37+,38+,42+,43-,44?,47-,48+,49+,50+,51?,52+,53?,65?/m0/s1. The number of methoxy groups -OCH3 is 2. The number of piperidine rings is 1. The third kappa shape index (κ3) is 24.0. The van der Waals surface area contributed by atoms with Gasteiger partial charge in [0.05, 0.1) is 31.9 Å². The molecule has 0 aromatic heterocycles. The normalized spacial score (nSPS) is 24.1. The molecular formula is C65H100N12O21. The number of nitrogens with zero attached hydrogens (tertiary/aromatic N) is 1. The van der Waals surface area contributed by atoms with E-state index in [-0.39, 0.29) is 30.2 Å². The molecule has 1 aromatic carbocycles. The first-order valence-corrected chi connectivity index (χ1v) is 32.3. The van der Waals surface area contributed by atoms with Gasteiger partial charge in [0.1, 0.15) is 78.1 Å². The summed E-state index contributed by atoms with van der Waals surface area (Å²) >= 11 is 0. The summed E-state index contributed by atoms with van der Waals surface area (Å²) in [6, 6.07) is -8.79. The van der Waals surface area contributed by atoms with E-state index in [1.807, 2.05) is 19.9 Å². The number of rotatable bonds is 26. The zero-order chi connectivity index (χ0) is 74.2. The Kier molecular flexibility index (Phi) is 33.1. The van der Waals surface area contributed by atoms with Crippen molar-refractivity contribution >= 4 is 76.9 Å². The molecule has 1 aromatic rings. The van der Waals surface area contributed by atoms with Crippen molar-refractivity contribution in [2.24, 2.45) is 29.4 Å². The summed E-state index contributed by atoms with van der Waals surface area (Å²) in [5, 5.41) is 76.9. The summed E-state index contributed by atoms with van der Waals surface area (Å²) in [5.74, 6) is -18.1. The van der Waals surface area contributed by atoms with Crippen molar-refractivity contribution in [3.8, 4) is 5.75 Å². The van der Waals surface area contributed by atoms with Crippen LogP contribution < -0.4 is 58.9 Å². The van der Waals surface area contributed by atoms with Crippen molar-refractivity contribution in [1.29, 1.82) is 0 Å². The van der Waals surface area contributed by atoms with Crippen molar-refractivity contribution in [2.45, 2.75) is 193 Å². The van der Waals surface area contributed by atoms with Crippen molar-refractivity contribution in [3.63, 3.8) is 0 Å². The molecule has 2 aliphatic heterocycles. The summed E-state index contributed by atoms with van der Waals surface area (Å²) in [4.78, 5) is 184. The van der Waals surface area contributed by atoms with Gasteiger partial charge in [-0.05, 0) is 96.3 Å². The molecule has 0 saturated carbocycles. The lowest BCUT2D eigenvalue weighted by Gasteiger charge is -2.40. The first kappa shape index (κ1) is 83.3. The molecule has 33 heteroatoms. The van der Waals surface area contributed by atoms with E-state index in [1.165, 1.54) is 92.0 Å². The Morgan fingerprint density at radius 1 is 0.837 bits per heavy atom. The first-order chi connectivity index (χ1) is 45.9. The van der Waals surface area contributed by atoms with Crippen LogP contribution in [0, 0.1) is 23.7 Å². The van der Waals surface area contributed by atoms with Gasteiger partial charge >= 0.3 is 5.97 Å². The summed E-state index contributed by atoms with van der Waals surface area (Å²) in [5.41, 5.74) is 3.63. The molecule has 2 heterocycles. The Bertz CT molecular complexity index is 3100. The molecule has 0 bridgehead atoms. The van der Waals surface area contributed by atoms with Crippen molar-refractivity contribution < 1.29 is 102 Å². The molecule has 0 radical (unpaired) electrons. The molecule has 33 nitrogen and oxygen atoms in total. The summed E-state index contributed by atoms with van der Waals surface area (Å²) in [7, 11) is 2.36. The number of carbonyl (C=O) groups is 13. The lowest BCUT2D eigenvalue weighted by Crippen LogP contribution is -2.64. The number of phenolic OH excluding ortho intramolecular Hbond substituents is 1. The minimum absolute atomic E-state index is 0.0868. The van der Waals surface area contributed by atoms with E-state index < -0.39 is 204 Å². The van der Waals surface area contributed by atoms with Gasteiger partial charge in [-0.2, -0.15) is 0 Å². The Morgan fingerprint density at radius 2 is 1.47 bits per heavy atom. The molecule has 17 N–H and O–H groups in total. The predicted octanol–water partition coefficient (Wildman–Crippen LogP) is -3.47. The fourth-order valence-electron chi connectivity index (χ4n) is 10.4. The summed E-state index contributed by atoms with van der Waals surface area (Å²) in [6.07, 6.45) is -1.20. The Morgan fingerprint density at radius 3 is 2.03 bits per heavy atom. The van der Waals surface area contributed by atoms with Crippen LogP contribution in [-0.4, -0.2) is 226 Å². The monoisotopic (exact) mass is 1380 g/mol. The SMILES string of the molecule is C/C=C(\NC(=O)[C@H](NC(=O)CNC(=O)C(C)(O)C(O)/C=C\C(C)=C\C(C)CC)[C@@H](C)O)C(=O)N[C@H](C(=O)N[C@H]1C(=O)N[C@H](COC)C(=O)NCC(=O)N[C@@H](C)C(=O)N[C@H]([C@@H](C)O)C(=O)NC(C(OC)c2ccc(O)cc2)C(=O)N2CCCC[C@H]2C(=O)O[C@@H]1C(C)C)[C@@H](C)[C@@H](C)C(N)=O. The van der Waals surface area contributed by atoms with E-state index in [0.29, 0.717) is 12.8 Å². The second kappa shape index (κ2) is 38.9. The van der Waals surface area contributed by atoms with Gasteiger partial charge in [0.25, 0.3) is 11.8 Å². The second-order valence-electron chi connectivity index (χ2n) is 25.1. The van der Waals surface area contributed by atoms with Crippen molar-refractivity contribution in [2.75, 3.05) is 40.5 Å². The minimum Gasteiger partial charge on any atom is -0.508 e. The number of carbonyl (C=O) groups excluding carboxylic acids is 13. The van der Waals surface area contributed by atoms with E-state index in [4.69, 9.17) is 19.9 Å². The van der Waals surface area contributed by atoms with Gasteiger partial charge in [0, 0.05) is 26.7 Å². The number of aliphatic hydroxyl groups is 4. The largest absolute Gasteiger partial charge is 0.508 e. The smallest absolute Gasteiger partial charge is 0.329 e. The highest BCUT2D eigenvalue weighted by molar-refractivity contribution is 6.03. The number of nitrogens with two attached hydrogens (primary N) is 1. The number of allylic oxidation sites excluding steroid dienone is 4. The Labute approximate surface area is 569 Å². The molecule has 2 fully saturated rings. The lowest BCUT2D eigenvalue weighted by molar-refractivity contribution is -0.168. The van der Waals surface area contributed by atoms with Gasteiger partial charge in [0.2, 0.25) is 59.1 Å². The van der Waals surface area contributed by atoms with Gasteiger partial charge in [-0.3, -0.25) is 57.5 Å². The van der Waals surface area contributed by atoms with Crippen LogP contribution >= 0.6 is 0 Å². The molecular weight excluding hydrogens is 1280 g/mol. The van der Waals surface area contributed by atoms with Crippen LogP contribution in [0.1, 0.15) is 120 Å². The highest BCUT2D eigenvalue weighted by Crippen LogP contribution is 2.29. The van der Waals surface area contributed by atoms with Crippen LogP contribution in [-0.2, 0) is 76.5 Å². The number of hydrogen-bond acceptors (Lipinski definition) is 21. The number of ether oxygens (including phenoxy) is 3.